The van der Waals surface area contributed by atoms with Gasteiger partial charge in [-0.3, -0.25) is 0 Å². The van der Waals surface area contributed by atoms with Gasteiger partial charge in [0, 0.05) is 0 Å². The quantitative estimate of drug-likeness (QED) is 0.242. The first-order valence-corrected chi connectivity index (χ1v) is 18.6. The van der Waals surface area contributed by atoms with E-state index in [0.29, 0.717) is 0 Å². The van der Waals surface area contributed by atoms with E-state index in [-0.39, 0.29) is 0 Å². The van der Waals surface area contributed by atoms with Gasteiger partial charge in [0.25, 0.3) is 0 Å². The Morgan fingerprint density at radius 1 is 0.900 bits per heavy atom. The number of halogens is 3. The van der Waals surface area contributed by atoms with Crippen LogP contribution >= 0.6 is 34.8 Å². The molecule has 0 amide bonds. The van der Waals surface area contributed by atoms with E-state index < -0.39 is 31.4 Å². The summed E-state index contributed by atoms with van der Waals surface area (Å²) in [6, 6.07) is 0. The second-order valence-corrected chi connectivity index (χ2v) is 23.5. The van der Waals surface area contributed by atoms with Crippen molar-refractivity contribution >= 4 is 62.4 Å². The summed E-state index contributed by atoms with van der Waals surface area (Å²) in [5.41, 5.74) is 0. The fourth-order valence-electron chi connectivity index (χ4n) is 2.28. The van der Waals surface area contributed by atoms with Crippen LogP contribution in [0.5, 0.6) is 0 Å². The number of rotatable bonds is 10. The molecule has 0 bridgehead atoms. The summed E-state index contributed by atoms with van der Waals surface area (Å²) >= 11 is 13.9. The molecule has 0 unspecified atom stereocenters. The Morgan fingerprint density at radius 3 is 1.50 bits per heavy atom. The van der Waals surface area contributed by atoms with Gasteiger partial charge < -0.3 is 0 Å². The predicted octanol–water partition coefficient (Wildman–Crippen LogP) is 6.25. The summed E-state index contributed by atoms with van der Waals surface area (Å²) in [6.07, 6.45) is 6.69. The average molecular weight is 541 g/mol. The summed E-state index contributed by atoms with van der Waals surface area (Å²) in [4.78, 5) is 12.0. The third-order valence-corrected chi connectivity index (χ3v) is 21.1. The van der Waals surface area contributed by atoms with E-state index in [0.717, 1.165) is 50.5 Å². The topological polar surface area (TPSA) is 26.3 Å². The van der Waals surface area contributed by atoms with Crippen LogP contribution in [-0.4, -0.2) is 31.4 Å². The average Bonchev–Trinajstić information content (AvgIpc) is 2.39. The molecule has 0 saturated carbocycles. The molecule has 0 aliphatic heterocycles. The molecule has 0 fully saturated rings. The number of unbranched alkanes of at least 4 members (excludes halogenated alkanes) is 3. The van der Waals surface area contributed by atoms with E-state index in [4.69, 9.17) is 37.5 Å². The maximum absolute atomic E-state index is 12.0. The molecule has 0 heterocycles. The van der Waals surface area contributed by atoms with Gasteiger partial charge in [0.15, 0.2) is 0 Å². The molecule has 0 aliphatic carbocycles. The van der Waals surface area contributed by atoms with Crippen molar-refractivity contribution in [3.8, 4) is 0 Å². The van der Waals surface area contributed by atoms with Crippen LogP contribution in [0.25, 0.3) is 0 Å². The van der Waals surface area contributed by atoms with E-state index in [1.807, 2.05) is 0 Å². The number of carbonyl (C=O) groups is 1. The molecule has 0 atom stereocenters. The first kappa shape index (κ1) is 21.3. The number of carbonyl (C=O) groups excluding carboxylic acids is 1. The monoisotopic (exact) mass is 540 g/mol. The minimum absolute atomic E-state index is 0.646. The van der Waals surface area contributed by atoms with E-state index in [1.54, 1.807) is 0 Å². The molecule has 0 rings (SSSR count). The zero-order valence-corrected chi connectivity index (χ0v) is 19.0. The van der Waals surface area contributed by atoms with Crippen molar-refractivity contribution in [2.75, 3.05) is 0 Å². The van der Waals surface area contributed by atoms with Crippen molar-refractivity contribution in [3.63, 3.8) is 0 Å². The van der Waals surface area contributed by atoms with Crippen molar-refractivity contribution in [2.24, 2.45) is 0 Å². The summed E-state index contributed by atoms with van der Waals surface area (Å²) in [6.45, 7) is 6.49. The summed E-state index contributed by atoms with van der Waals surface area (Å²) < 4.78 is 7.16. The maximum atomic E-state index is 12.0. The van der Waals surface area contributed by atoms with Crippen LogP contribution in [-0.2, 0) is 7.48 Å². The van der Waals surface area contributed by atoms with Crippen molar-refractivity contribution < 1.29 is 7.48 Å². The van der Waals surface area contributed by atoms with Gasteiger partial charge in [0.2, 0.25) is 0 Å². The van der Waals surface area contributed by atoms with Crippen molar-refractivity contribution in [3.05, 3.63) is 0 Å². The molecule has 0 saturated heterocycles. The van der Waals surface area contributed by atoms with E-state index in [9.17, 15) is 4.79 Å². The van der Waals surface area contributed by atoms with Crippen molar-refractivity contribution in [1.29, 1.82) is 0 Å². The van der Waals surface area contributed by atoms with Gasteiger partial charge in [-0.25, -0.2) is 0 Å². The first-order chi connectivity index (χ1) is 9.31. The fraction of sp³-hybridized carbons (Fsp3) is 0.929. The third kappa shape index (κ3) is 8.64. The second kappa shape index (κ2) is 10.9. The molecule has 0 aromatic heterocycles. The third-order valence-electron chi connectivity index (χ3n) is 3.50. The van der Waals surface area contributed by atoms with Crippen LogP contribution in [0.15, 0.2) is 0 Å². The Labute approximate surface area is 144 Å². The molecule has 0 radical (unpaired) electrons. The van der Waals surface area contributed by atoms with Gasteiger partial charge in [0.1, 0.15) is 0 Å². The molecule has 0 aromatic carbocycles. The van der Waals surface area contributed by atoms with Crippen LogP contribution in [0.1, 0.15) is 59.3 Å². The molecule has 6 heteroatoms. The Bertz CT molecular complexity index is 258. The molecular formula is C14H27Cl3O2Pb. The minimum atomic E-state index is -3.13. The van der Waals surface area contributed by atoms with E-state index in [1.165, 1.54) is 0 Å². The Morgan fingerprint density at radius 2 is 1.25 bits per heavy atom. The molecule has 120 valence electrons. The zero-order valence-electron chi connectivity index (χ0n) is 12.8. The summed E-state index contributed by atoms with van der Waals surface area (Å²) in [7, 11) is 0. The second-order valence-electron chi connectivity index (χ2n) is 5.38. The summed E-state index contributed by atoms with van der Waals surface area (Å²) in [5, 5.41) is 0. The van der Waals surface area contributed by atoms with Gasteiger partial charge in [-0.05, 0) is 0 Å². The van der Waals surface area contributed by atoms with Crippen molar-refractivity contribution in [1.82, 2.24) is 0 Å². The molecular weight excluding hydrogens is 514 g/mol. The van der Waals surface area contributed by atoms with Crippen LogP contribution in [0.4, 0.5) is 0 Å². The molecule has 0 spiro atoms. The van der Waals surface area contributed by atoms with E-state index in [2.05, 4.69) is 20.8 Å². The Balaban J connectivity index is 4.97. The van der Waals surface area contributed by atoms with Crippen LogP contribution < -0.4 is 0 Å². The van der Waals surface area contributed by atoms with Gasteiger partial charge in [0.05, 0.1) is 0 Å². The zero-order chi connectivity index (χ0) is 15.6. The predicted molar refractivity (Wildman–Crippen MR) is 91.3 cm³/mol. The normalized spacial score (nSPS) is 12.5. The number of hydrogen-bond acceptors (Lipinski definition) is 2. The van der Waals surface area contributed by atoms with Gasteiger partial charge in [-0.1, -0.05) is 0 Å². The molecule has 0 aromatic rings. The van der Waals surface area contributed by atoms with E-state index >= 15 is 0 Å². The molecule has 20 heavy (non-hydrogen) atoms. The van der Waals surface area contributed by atoms with Crippen LogP contribution in [0.2, 0.25) is 11.9 Å². The van der Waals surface area contributed by atoms with Gasteiger partial charge in [-0.2, -0.15) is 0 Å². The standard InChI is InChI=1S/3C4H9.C2HCl3O2.Pb/c3*1-3-4-2;3-2(4,5)1(6)7;/h3*1,3-4H2,2H3;(H,6,7);/q;;;;+1/p-1. The van der Waals surface area contributed by atoms with Crippen LogP contribution in [0, 0.1) is 0 Å². The van der Waals surface area contributed by atoms with Crippen molar-refractivity contribution in [2.45, 2.75) is 75.0 Å². The fourth-order valence-corrected chi connectivity index (χ4v) is 21.0. The molecule has 0 N–H and O–H groups in total. The van der Waals surface area contributed by atoms with Gasteiger partial charge >= 0.3 is 145 Å². The summed E-state index contributed by atoms with van der Waals surface area (Å²) in [5.74, 6) is -0.646. The molecule has 0 aliphatic rings. The number of hydrogen-bond donors (Lipinski definition) is 0. The first-order valence-electron chi connectivity index (χ1n) is 7.61. The molecule has 2 nitrogen and oxygen atoms in total. The van der Waals surface area contributed by atoms with Gasteiger partial charge in [-0.15, -0.1) is 0 Å². The Kier molecular flexibility index (Phi) is 11.6. The van der Waals surface area contributed by atoms with Crippen LogP contribution in [0.3, 0.4) is 0 Å². The Hall–Kier alpha value is 1.26. The number of alkyl halides is 3. The SMILES string of the molecule is CCC[CH2][Pb]([CH2]CCC)([CH2]CCC)[O]C(=O)C(Cl)(Cl)Cl.